The minimum absolute atomic E-state index is 0.0143. The number of nitrogens with one attached hydrogen (secondary N) is 2. The average molecular weight is 294 g/mol. The van der Waals surface area contributed by atoms with Crippen molar-refractivity contribution in [1.82, 2.24) is 15.1 Å². The van der Waals surface area contributed by atoms with E-state index < -0.39 is 0 Å². The van der Waals surface area contributed by atoms with E-state index in [4.69, 9.17) is 4.74 Å². The van der Waals surface area contributed by atoms with Gasteiger partial charge >= 0.3 is 0 Å². The van der Waals surface area contributed by atoms with Crippen molar-refractivity contribution in [3.05, 3.63) is 11.8 Å². The normalized spacial score (nSPS) is 19.0. The fraction of sp³-hybridized carbons (Fsp3) is 0.733. The maximum Gasteiger partial charge on any atom is 0.228 e. The molecule has 1 atom stereocenters. The molecule has 2 heterocycles. The van der Waals surface area contributed by atoms with Crippen LogP contribution in [0.25, 0.3) is 0 Å². The number of aryl methyl sites for hydroxylation is 1. The van der Waals surface area contributed by atoms with Crippen molar-refractivity contribution in [1.29, 1.82) is 0 Å². The number of carbonyl (C=O) groups is 1. The molecule has 0 aromatic carbocycles. The summed E-state index contributed by atoms with van der Waals surface area (Å²) in [4.78, 5) is 12.2. The smallest absolute Gasteiger partial charge is 0.228 e. The van der Waals surface area contributed by atoms with Crippen molar-refractivity contribution >= 4 is 11.7 Å². The molecule has 21 heavy (non-hydrogen) atoms. The molecule has 0 aliphatic carbocycles. The van der Waals surface area contributed by atoms with Crippen LogP contribution in [-0.4, -0.2) is 41.5 Å². The van der Waals surface area contributed by atoms with Gasteiger partial charge in [-0.2, -0.15) is 5.10 Å². The monoisotopic (exact) mass is 294 g/mol. The lowest BCUT2D eigenvalue weighted by atomic mass is 10.2. The molecule has 1 aromatic heterocycles. The van der Waals surface area contributed by atoms with Crippen molar-refractivity contribution in [2.45, 2.75) is 52.2 Å². The maximum absolute atomic E-state index is 12.2. The highest BCUT2D eigenvalue weighted by atomic mass is 16.5. The number of morpholine rings is 1. The fourth-order valence-electron chi connectivity index (χ4n) is 2.66. The predicted octanol–water partition coefficient (Wildman–Crippen LogP) is 1.87. The number of ether oxygens (including phenoxy) is 1. The molecule has 6 nitrogen and oxygen atoms in total. The van der Waals surface area contributed by atoms with E-state index in [0.717, 1.165) is 37.3 Å². The van der Waals surface area contributed by atoms with E-state index in [2.05, 4.69) is 29.6 Å². The summed E-state index contributed by atoms with van der Waals surface area (Å²) in [5.41, 5.74) is 0.998. The Kier molecular flexibility index (Phi) is 5.76. The number of hydrogen-bond donors (Lipinski definition) is 2. The van der Waals surface area contributed by atoms with Gasteiger partial charge in [0.05, 0.1) is 31.4 Å². The van der Waals surface area contributed by atoms with E-state index in [0.29, 0.717) is 19.1 Å². The van der Waals surface area contributed by atoms with Gasteiger partial charge in [0, 0.05) is 18.7 Å². The third-order valence-corrected chi connectivity index (χ3v) is 3.94. The van der Waals surface area contributed by atoms with E-state index >= 15 is 0 Å². The molecule has 1 aliphatic rings. The number of aromatic nitrogens is 2. The zero-order valence-corrected chi connectivity index (χ0v) is 13.2. The number of amides is 1. The summed E-state index contributed by atoms with van der Waals surface area (Å²) >= 11 is 0. The number of anilines is 1. The molecule has 2 rings (SSSR count). The van der Waals surface area contributed by atoms with E-state index in [9.17, 15) is 4.79 Å². The van der Waals surface area contributed by atoms with Gasteiger partial charge in [-0.3, -0.25) is 4.79 Å². The standard InChI is InChI=1S/C15H26N4O2/c1-4-12(5-2)19-15(11(3)9-17-19)18-14(20)8-13-10-16-6-7-21-13/h9,12-13,16H,4-8,10H2,1-3H3,(H,18,20)/t13-/m1/s1. The second-order valence-electron chi connectivity index (χ2n) is 5.54. The first-order valence-corrected chi connectivity index (χ1v) is 7.82. The third-order valence-electron chi connectivity index (χ3n) is 3.94. The van der Waals surface area contributed by atoms with Crippen LogP contribution >= 0.6 is 0 Å². The van der Waals surface area contributed by atoms with E-state index in [1.807, 2.05) is 17.8 Å². The van der Waals surface area contributed by atoms with Crippen LogP contribution in [0.2, 0.25) is 0 Å². The van der Waals surface area contributed by atoms with Crippen molar-refractivity contribution in [2.24, 2.45) is 0 Å². The number of nitrogens with zero attached hydrogens (tertiary/aromatic N) is 2. The summed E-state index contributed by atoms with van der Waals surface area (Å²) in [5, 5.41) is 10.7. The van der Waals surface area contributed by atoms with Crippen LogP contribution in [0.4, 0.5) is 5.82 Å². The molecular formula is C15H26N4O2. The van der Waals surface area contributed by atoms with Crippen molar-refractivity contribution in [2.75, 3.05) is 25.0 Å². The summed E-state index contributed by atoms with van der Waals surface area (Å²) in [6.07, 6.45) is 4.14. The first-order valence-electron chi connectivity index (χ1n) is 7.82. The molecule has 1 amide bonds. The Bertz CT molecular complexity index is 462. The zero-order valence-electron chi connectivity index (χ0n) is 13.2. The van der Waals surface area contributed by atoms with Gasteiger partial charge in [0.1, 0.15) is 5.82 Å². The summed E-state index contributed by atoms with van der Waals surface area (Å²) in [6.45, 7) is 8.51. The minimum Gasteiger partial charge on any atom is -0.375 e. The van der Waals surface area contributed by atoms with Gasteiger partial charge in [-0.15, -0.1) is 0 Å². The molecular weight excluding hydrogens is 268 g/mol. The third kappa shape index (κ3) is 4.04. The lowest BCUT2D eigenvalue weighted by Gasteiger charge is -2.23. The molecule has 6 heteroatoms. The Morgan fingerprint density at radius 3 is 2.95 bits per heavy atom. The largest absolute Gasteiger partial charge is 0.375 e. The number of carbonyl (C=O) groups excluding carboxylic acids is 1. The van der Waals surface area contributed by atoms with Crippen molar-refractivity contribution < 1.29 is 9.53 Å². The fourth-order valence-corrected chi connectivity index (χ4v) is 2.66. The van der Waals surface area contributed by atoms with Gasteiger partial charge in [-0.1, -0.05) is 13.8 Å². The Balaban J connectivity index is 2.01. The summed E-state index contributed by atoms with van der Waals surface area (Å²) in [6, 6.07) is 0.321. The van der Waals surface area contributed by atoms with Crippen LogP contribution < -0.4 is 10.6 Å². The Labute approximate surface area is 126 Å². The summed E-state index contributed by atoms with van der Waals surface area (Å²) in [7, 11) is 0. The molecule has 2 N–H and O–H groups in total. The molecule has 1 aromatic rings. The quantitative estimate of drug-likeness (QED) is 0.840. The zero-order chi connectivity index (χ0) is 15.2. The maximum atomic E-state index is 12.2. The first kappa shape index (κ1) is 16.0. The highest BCUT2D eigenvalue weighted by Gasteiger charge is 2.20. The van der Waals surface area contributed by atoms with Gasteiger partial charge in [0.2, 0.25) is 5.91 Å². The predicted molar refractivity (Wildman–Crippen MR) is 82.4 cm³/mol. The topological polar surface area (TPSA) is 68.2 Å². The summed E-state index contributed by atoms with van der Waals surface area (Å²) < 4.78 is 7.51. The van der Waals surface area contributed by atoms with Gasteiger partial charge in [0.15, 0.2) is 0 Å². The van der Waals surface area contributed by atoms with E-state index in [-0.39, 0.29) is 12.0 Å². The van der Waals surface area contributed by atoms with Gasteiger partial charge in [-0.05, 0) is 19.8 Å². The van der Waals surface area contributed by atoms with Crippen molar-refractivity contribution in [3.63, 3.8) is 0 Å². The Hall–Kier alpha value is -1.40. The molecule has 1 aliphatic heterocycles. The Morgan fingerprint density at radius 1 is 1.57 bits per heavy atom. The molecule has 0 unspecified atom stereocenters. The molecule has 118 valence electrons. The number of rotatable bonds is 6. The van der Waals surface area contributed by atoms with Crippen molar-refractivity contribution in [3.8, 4) is 0 Å². The SMILES string of the molecule is CCC(CC)n1ncc(C)c1NC(=O)C[C@@H]1CNCCO1. The second-order valence-corrected chi connectivity index (χ2v) is 5.54. The van der Waals surface area contributed by atoms with Gasteiger partial charge in [-0.25, -0.2) is 4.68 Å². The lowest BCUT2D eigenvalue weighted by molar-refractivity contribution is -0.119. The Morgan fingerprint density at radius 2 is 2.33 bits per heavy atom. The van der Waals surface area contributed by atoms with Crippen LogP contribution in [0.1, 0.15) is 44.7 Å². The summed E-state index contributed by atoms with van der Waals surface area (Å²) in [5.74, 6) is 0.803. The molecule has 0 saturated carbocycles. The highest BCUT2D eigenvalue weighted by molar-refractivity contribution is 5.90. The average Bonchev–Trinajstić information content (AvgIpc) is 2.83. The van der Waals surface area contributed by atoms with Crippen LogP contribution in [0, 0.1) is 6.92 Å². The van der Waals surface area contributed by atoms with Crippen LogP contribution in [0.15, 0.2) is 6.20 Å². The lowest BCUT2D eigenvalue weighted by Crippen LogP contribution is -2.40. The molecule has 0 radical (unpaired) electrons. The van der Waals surface area contributed by atoms with Crippen LogP contribution in [-0.2, 0) is 9.53 Å². The minimum atomic E-state index is -0.0384. The number of hydrogen-bond acceptors (Lipinski definition) is 4. The van der Waals surface area contributed by atoms with Crippen LogP contribution in [0.5, 0.6) is 0 Å². The highest BCUT2D eigenvalue weighted by Crippen LogP contribution is 2.23. The molecule has 0 bridgehead atoms. The van der Waals surface area contributed by atoms with Gasteiger partial charge in [0.25, 0.3) is 0 Å². The molecule has 1 saturated heterocycles. The second kappa shape index (κ2) is 7.56. The van der Waals surface area contributed by atoms with E-state index in [1.165, 1.54) is 0 Å². The molecule has 1 fully saturated rings. The van der Waals surface area contributed by atoms with Crippen LogP contribution in [0.3, 0.4) is 0 Å². The molecule has 0 spiro atoms. The van der Waals surface area contributed by atoms with Gasteiger partial charge < -0.3 is 15.4 Å². The first-order chi connectivity index (χ1) is 10.2. The van der Waals surface area contributed by atoms with E-state index in [1.54, 1.807) is 0 Å².